The van der Waals surface area contributed by atoms with Crippen LogP contribution in [-0.2, 0) is 9.53 Å². The molecule has 3 nitrogen and oxygen atoms in total. The molecule has 0 aromatic heterocycles. The summed E-state index contributed by atoms with van der Waals surface area (Å²) in [6.45, 7) is 0. The first kappa shape index (κ1) is 15.9. The highest BCUT2D eigenvalue weighted by Crippen LogP contribution is 2.26. The van der Waals surface area contributed by atoms with Crippen molar-refractivity contribution in [2.24, 2.45) is 4.99 Å². The van der Waals surface area contributed by atoms with Gasteiger partial charge in [0, 0.05) is 15.6 Å². The van der Waals surface area contributed by atoms with E-state index in [0.717, 1.165) is 16.3 Å². The van der Waals surface area contributed by atoms with E-state index < -0.39 is 5.97 Å². The number of hydrogen-bond donors (Lipinski definition) is 0. The Labute approximate surface area is 154 Å². The second-order valence-electron chi connectivity index (χ2n) is 5.56. The van der Waals surface area contributed by atoms with Crippen LogP contribution in [0.3, 0.4) is 0 Å². The number of cyclic esters (lactones) is 1. The van der Waals surface area contributed by atoms with Gasteiger partial charge in [0.1, 0.15) is 0 Å². The number of halogens is 2. The molecule has 122 valence electrons. The van der Waals surface area contributed by atoms with E-state index in [1.165, 1.54) is 0 Å². The van der Waals surface area contributed by atoms with Gasteiger partial charge >= 0.3 is 5.97 Å². The summed E-state index contributed by atoms with van der Waals surface area (Å²) in [6, 6.07) is 18.8. The van der Waals surface area contributed by atoms with Crippen molar-refractivity contribution in [3.8, 4) is 0 Å². The maximum absolute atomic E-state index is 12.1. The Balaban J connectivity index is 1.72. The van der Waals surface area contributed by atoms with Crippen LogP contribution in [-0.4, -0.2) is 11.9 Å². The number of benzene rings is 3. The van der Waals surface area contributed by atoms with Crippen LogP contribution in [0.1, 0.15) is 11.1 Å². The Morgan fingerprint density at radius 3 is 2.52 bits per heavy atom. The molecule has 5 heteroatoms. The Hall–Kier alpha value is -2.62. The third kappa shape index (κ3) is 3.16. The number of nitrogens with zero attached hydrogens (tertiary/aromatic N) is 1. The van der Waals surface area contributed by atoms with Gasteiger partial charge in [0.15, 0.2) is 5.70 Å². The van der Waals surface area contributed by atoms with E-state index >= 15 is 0 Å². The molecule has 0 unspecified atom stereocenters. The van der Waals surface area contributed by atoms with Crippen LogP contribution in [0.4, 0.5) is 0 Å². The van der Waals surface area contributed by atoms with Crippen molar-refractivity contribution in [3.05, 3.63) is 87.5 Å². The third-order valence-corrected chi connectivity index (χ3v) is 4.43. The lowest BCUT2D eigenvalue weighted by atomic mass is 10.1. The van der Waals surface area contributed by atoms with E-state index in [2.05, 4.69) is 4.99 Å². The standard InChI is InChI=1S/C20H11Cl2NO2/c21-16-8-7-14(17(22)11-16)10-18-20(24)25-19(23-18)15-6-5-12-3-1-2-4-13(12)9-15/h1-11H/b18-10+. The molecular formula is C20H11Cl2NO2. The molecule has 3 aromatic carbocycles. The van der Waals surface area contributed by atoms with E-state index in [4.69, 9.17) is 27.9 Å². The lowest BCUT2D eigenvalue weighted by molar-refractivity contribution is -0.129. The maximum Gasteiger partial charge on any atom is 0.363 e. The number of carbonyl (C=O) groups is 1. The van der Waals surface area contributed by atoms with Gasteiger partial charge in [0.05, 0.1) is 0 Å². The minimum Gasteiger partial charge on any atom is -0.402 e. The topological polar surface area (TPSA) is 38.7 Å². The van der Waals surface area contributed by atoms with Gasteiger partial charge in [-0.1, -0.05) is 59.6 Å². The quantitative estimate of drug-likeness (QED) is 0.443. The van der Waals surface area contributed by atoms with Gasteiger partial charge in [0.25, 0.3) is 0 Å². The fraction of sp³-hybridized carbons (Fsp3) is 0. The summed E-state index contributed by atoms with van der Waals surface area (Å²) in [5.41, 5.74) is 1.60. The van der Waals surface area contributed by atoms with Gasteiger partial charge in [-0.25, -0.2) is 9.79 Å². The first-order valence-electron chi connectivity index (χ1n) is 7.57. The molecule has 1 heterocycles. The van der Waals surface area contributed by atoms with Crippen molar-refractivity contribution in [3.63, 3.8) is 0 Å². The summed E-state index contributed by atoms with van der Waals surface area (Å²) in [7, 11) is 0. The lowest BCUT2D eigenvalue weighted by Gasteiger charge is -2.02. The summed E-state index contributed by atoms with van der Waals surface area (Å²) in [4.78, 5) is 16.4. The van der Waals surface area contributed by atoms with Crippen LogP contribution in [0.5, 0.6) is 0 Å². The Bertz CT molecular complexity index is 1070. The third-order valence-electron chi connectivity index (χ3n) is 3.87. The fourth-order valence-corrected chi connectivity index (χ4v) is 3.08. The highest BCUT2D eigenvalue weighted by atomic mass is 35.5. The Morgan fingerprint density at radius 2 is 1.72 bits per heavy atom. The van der Waals surface area contributed by atoms with E-state index in [1.54, 1.807) is 24.3 Å². The number of esters is 1. The minimum atomic E-state index is -0.505. The van der Waals surface area contributed by atoms with E-state index in [0.29, 0.717) is 15.6 Å². The van der Waals surface area contributed by atoms with Gasteiger partial charge < -0.3 is 4.74 Å². The van der Waals surface area contributed by atoms with Gasteiger partial charge in [-0.15, -0.1) is 0 Å². The van der Waals surface area contributed by atoms with Crippen LogP contribution in [0.15, 0.2) is 71.4 Å². The Kier molecular flexibility index (Phi) is 4.04. The van der Waals surface area contributed by atoms with Crippen LogP contribution in [0.2, 0.25) is 10.0 Å². The zero-order chi connectivity index (χ0) is 17.4. The predicted molar refractivity (Wildman–Crippen MR) is 101 cm³/mol. The minimum absolute atomic E-state index is 0.201. The largest absolute Gasteiger partial charge is 0.402 e. The SMILES string of the molecule is O=C1OC(c2ccc3ccccc3c2)=N/C1=C/c1ccc(Cl)cc1Cl. The molecule has 0 bridgehead atoms. The van der Waals surface area contributed by atoms with Crippen molar-refractivity contribution in [1.29, 1.82) is 0 Å². The maximum atomic E-state index is 12.1. The molecular weight excluding hydrogens is 357 g/mol. The first-order chi connectivity index (χ1) is 12.1. The fourth-order valence-electron chi connectivity index (χ4n) is 2.62. The second kappa shape index (κ2) is 6.36. The molecule has 0 saturated carbocycles. The average Bonchev–Trinajstić information content (AvgIpc) is 2.98. The van der Waals surface area contributed by atoms with Crippen molar-refractivity contribution >= 4 is 51.9 Å². The van der Waals surface area contributed by atoms with Crippen LogP contribution >= 0.6 is 23.2 Å². The number of carbonyl (C=O) groups excluding carboxylic acids is 1. The molecule has 0 fully saturated rings. The van der Waals surface area contributed by atoms with Crippen molar-refractivity contribution in [1.82, 2.24) is 0 Å². The second-order valence-corrected chi connectivity index (χ2v) is 6.41. The van der Waals surface area contributed by atoms with Crippen LogP contribution in [0, 0.1) is 0 Å². The lowest BCUT2D eigenvalue weighted by Crippen LogP contribution is -2.05. The number of aliphatic imine (C=N–C) groups is 1. The van der Waals surface area contributed by atoms with E-state index in [1.807, 2.05) is 42.5 Å². The van der Waals surface area contributed by atoms with Crippen LogP contribution < -0.4 is 0 Å². The molecule has 25 heavy (non-hydrogen) atoms. The molecule has 0 amide bonds. The molecule has 1 aliphatic rings. The molecule has 0 radical (unpaired) electrons. The summed E-state index contributed by atoms with van der Waals surface area (Å²) < 4.78 is 5.32. The van der Waals surface area contributed by atoms with E-state index in [9.17, 15) is 4.79 Å². The average molecular weight is 368 g/mol. The summed E-state index contributed by atoms with van der Waals surface area (Å²) in [5, 5.41) is 3.14. The normalized spacial score (nSPS) is 15.5. The Morgan fingerprint density at radius 1 is 0.920 bits per heavy atom. The predicted octanol–water partition coefficient (Wildman–Crippen LogP) is 5.49. The van der Waals surface area contributed by atoms with Crippen molar-refractivity contribution < 1.29 is 9.53 Å². The van der Waals surface area contributed by atoms with Crippen molar-refractivity contribution in [2.45, 2.75) is 0 Å². The number of rotatable bonds is 2. The first-order valence-corrected chi connectivity index (χ1v) is 8.32. The molecule has 0 saturated heterocycles. The number of hydrogen-bond acceptors (Lipinski definition) is 3. The summed E-state index contributed by atoms with van der Waals surface area (Å²) in [6.07, 6.45) is 1.59. The van der Waals surface area contributed by atoms with Gasteiger partial charge in [-0.3, -0.25) is 0 Å². The smallest absolute Gasteiger partial charge is 0.363 e. The highest BCUT2D eigenvalue weighted by Gasteiger charge is 2.24. The molecule has 4 rings (SSSR count). The molecule has 0 N–H and O–H groups in total. The van der Waals surface area contributed by atoms with E-state index in [-0.39, 0.29) is 11.6 Å². The zero-order valence-electron chi connectivity index (χ0n) is 12.9. The zero-order valence-corrected chi connectivity index (χ0v) is 14.4. The van der Waals surface area contributed by atoms with Crippen LogP contribution in [0.25, 0.3) is 16.8 Å². The molecule has 0 atom stereocenters. The van der Waals surface area contributed by atoms with Gasteiger partial charge in [0.2, 0.25) is 5.90 Å². The summed E-state index contributed by atoms with van der Waals surface area (Å²) >= 11 is 12.0. The number of ether oxygens (including phenoxy) is 1. The van der Waals surface area contributed by atoms with Gasteiger partial charge in [-0.05, 0) is 46.7 Å². The number of fused-ring (bicyclic) bond motifs is 1. The molecule has 3 aromatic rings. The molecule has 0 spiro atoms. The monoisotopic (exact) mass is 367 g/mol. The highest BCUT2D eigenvalue weighted by molar-refractivity contribution is 6.35. The molecule has 1 aliphatic heterocycles. The summed E-state index contributed by atoms with van der Waals surface area (Å²) in [5.74, 6) is -0.221. The van der Waals surface area contributed by atoms with Crippen molar-refractivity contribution in [2.75, 3.05) is 0 Å². The molecule has 0 aliphatic carbocycles. The van der Waals surface area contributed by atoms with Gasteiger partial charge in [-0.2, -0.15) is 0 Å².